The molecular weight excluding hydrogens is 333 g/mol. The molecule has 2 rings (SSSR count). The molecule has 0 aromatic carbocycles. The fraction of sp³-hybridized carbons (Fsp3) is 0.750. The number of hydrogen-bond donors (Lipinski definition) is 0. The maximum absolute atomic E-state index is 14.4. The first-order valence-electron chi connectivity index (χ1n) is 9.68. The normalized spacial score (nSPS) is 21.7. The number of rotatable bonds is 5. The van der Waals surface area contributed by atoms with Crippen LogP contribution in [0.3, 0.4) is 0 Å². The van der Waals surface area contributed by atoms with Crippen molar-refractivity contribution in [1.29, 1.82) is 0 Å². The van der Waals surface area contributed by atoms with E-state index in [2.05, 4.69) is 25.9 Å². The van der Waals surface area contributed by atoms with Crippen molar-refractivity contribution in [2.24, 2.45) is 24.8 Å². The summed E-state index contributed by atoms with van der Waals surface area (Å²) in [7, 11) is 1.46. The summed E-state index contributed by atoms with van der Waals surface area (Å²) in [5, 5.41) is 3.99. The molecule has 1 heterocycles. The van der Waals surface area contributed by atoms with Gasteiger partial charge in [0, 0.05) is 20.0 Å². The van der Waals surface area contributed by atoms with E-state index < -0.39 is 11.9 Å². The summed E-state index contributed by atoms with van der Waals surface area (Å²) >= 11 is 0. The lowest BCUT2D eigenvalue weighted by molar-refractivity contribution is -0.130. The summed E-state index contributed by atoms with van der Waals surface area (Å²) in [5.41, 5.74) is 0.243. The molecule has 1 aromatic rings. The molecule has 1 aliphatic rings. The molecule has 3 unspecified atom stereocenters. The van der Waals surface area contributed by atoms with Gasteiger partial charge >= 0.3 is 0 Å². The average molecular weight is 365 g/mol. The van der Waals surface area contributed by atoms with Crippen LogP contribution in [0.1, 0.15) is 75.9 Å². The lowest BCUT2D eigenvalue weighted by Crippen LogP contribution is -2.50. The largest absolute Gasteiger partial charge is 0.275 e. The predicted octanol–water partition coefficient (Wildman–Crippen LogP) is 4.10. The highest BCUT2D eigenvalue weighted by Crippen LogP contribution is 2.37. The first-order chi connectivity index (χ1) is 12.1. The number of nitrogens with zero attached hydrogens (tertiary/aromatic N) is 3. The molecule has 1 fully saturated rings. The van der Waals surface area contributed by atoms with E-state index in [4.69, 9.17) is 0 Å². The molecule has 1 saturated carbocycles. The Labute approximate surface area is 155 Å². The fourth-order valence-electron chi connectivity index (χ4n) is 4.56. The highest BCUT2D eigenvalue weighted by Gasteiger charge is 2.40. The summed E-state index contributed by atoms with van der Waals surface area (Å²) in [6.45, 7) is 9.60. The molecule has 0 N–H and O–H groups in total. The molecule has 0 aliphatic heterocycles. The zero-order valence-corrected chi connectivity index (χ0v) is 16.9. The second-order valence-corrected chi connectivity index (χ2v) is 8.19. The van der Waals surface area contributed by atoms with Gasteiger partial charge < -0.3 is 0 Å². The maximum Gasteiger partial charge on any atom is 0.267 e. The number of carbonyl (C=O) groups is 2. The Balaban J connectivity index is 2.37. The molecule has 0 bridgehead atoms. The van der Waals surface area contributed by atoms with Crippen molar-refractivity contribution in [1.82, 2.24) is 14.7 Å². The summed E-state index contributed by atoms with van der Waals surface area (Å²) < 4.78 is 15.5. The van der Waals surface area contributed by atoms with E-state index >= 15 is 0 Å². The van der Waals surface area contributed by atoms with Gasteiger partial charge in [-0.25, -0.2) is 4.68 Å². The lowest BCUT2D eigenvalue weighted by Gasteiger charge is -2.41. The van der Waals surface area contributed by atoms with Crippen LogP contribution in [0.4, 0.5) is 4.39 Å². The Morgan fingerprint density at radius 1 is 1.27 bits per heavy atom. The zero-order chi connectivity index (χ0) is 19.6. The molecule has 146 valence electrons. The van der Waals surface area contributed by atoms with Gasteiger partial charge in [0.1, 0.15) is 5.56 Å². The molecule has 0 spiro atoms. The van der Waals surface area contributed by atoms with Gasteiger partial charge in [-0.3, -0.25) is 14.5 Å². The van der Waals surface area contributed by atoms with Crippen LogP contribution in [0.15, 0.2) is 0 Å². The van der Waals surface area contributed by atoms with Crippen LogP contribution < -0.4 is 0 Å². The van der Waals surface area contributed by atoms with Crippen LogP contribution in [0.5, 0.6) is 0 Å². The maximum atomic E-state index is 14.4. The molecule has 0 saturated heterocycles. The van der Waals surface area contributed by atoms with Crippen LogP contribution >= 0.6 is 0 Å². The van der Waals surface area contributed by atoms with Gasteiger partial charge in [-0.15, -0.1) is 0 Å². The molecule has 3 atom stereocenters. The number of imide groups is 1. The van der Waals surface area contributed by atoms with Gasteiger partial charge in [0.2, 0.25) is 11.9 Å². The molecule has 6 heteroatoms. The van der Waals surface area contributed by atoms with Gasteiger partial charge in [0.05, 0.1) is 5.69 Å². The highest BCUT2D eigenvalue weighted by molar-refractivity contribution is 6.05. The van der Waals surface area contributed by atoms with Crippen molar-refractivity contribution in [3.05, 3.63) is 17.2 Å². The molecule has 2 amide bonds. The molecule has 26 heavy (non-hydrogen) atoms. The van der Waals surface area contributed by atoms with Crippen molar-refractivity contribution >= 4 is 11.8 Å². The van der Waals surface area contributed by atoms with Crippen molar-refractivity contribution in [2.45, 2.75) is 72.8 Å². The van der Waals surface area contributed by atoms with Crippen LogP contribution in [0.2, 0.25) is 0 Å². The fourth-order valence-corrected chi connectivity index (χ4v) is 4.56. The molecule has 1 aliphatic carbocycles. The van der Waals surface area contributed by atoms with E-state index in [1.807, 2.05) is 0 Å². The standard InChI is InChI=1S/C20H32FN3O2/c1-12(2)11-13(3)16-9-7-8-10-17(16)24(15(5)25)20(26)18-14(4)22-23(6)19(18)21/h12-13,16-17H,7-11H2,1-6H3. The van der Waals surface area contributed by atoms with Crippen molar-refractivity contribution in [2.75, 3.05) is 0 Å². The Morgan fingerprint density at radius 3 is 2.38 bits per heavy atom. The minimum Gasteiger partial charge on any atom is -0.275 e. The van der Waals surface area contributed by atoms with E-state index in [0.29, 0.717) is 17.5 Å². The summed E-state index contributed by atoms with van der Waals surface area (Å²) in [6, 6.07) is -0.165. The SMILES string of the molecule is CC(=O)N(C(=O)c1c(C)nn(C)c1F)C1CCCCC1C(C)CC(C)C. The van der Waals surface area contributed by atoms with E-state index in [-0.39, 0.29) is 23.4 Å². The van der Waals surface area contributed by atoms with Crippen molar-refractivity contribution < 1.29 is 14.0 Å². The third-order valence-corrected chi connectivity index (χ3v) is 5.61. The van der Waals surface area contributed by atoms with Crippen molar-refractivity contribution in [3.8, 4) is 0 Å². The number of aromatic nitrogens is 2. The van der Waals surface area contributed by atoms with Crippen LogP contribution in [-0.4, -0.2) is 32.5 Å². The first kappa shape index (κ1) is 20.6. The van der Waals surface area contributed by atoms with Gasteiger partial charge in [-0.1, -0.05) is 33.6 Å². The summed E-state index contributed by atoms with van der Waals surface area (Å²) in [4.78, 5) is 26.9. The second kappa shape index (κ2) is 8.31. The van der Waals surface area contributed by atoms with E-state index in [9.17, 15) is 14.0 Å². The zero-order valence-electron chi connectivity index (χ0n) is 16.9. The quantitative estimate of drug-likeness (QED) is 0.789. The molecule has 5 nitrogen and oxygen atoms in total. The molecule has 1 aromatic heterocycles. The third-order valence-electron chi connectivity index (χ3n) is 5.61. The van der Waals surface area contributed by atoms with E-state index in [1.165, 1.54) is 18.9 Å². The Bertz CT molecular complexity index is 668. The minimum atomic E-state index is -0.679. The Hall–Kier alpha value is -1.72. The number of aryl methyl sites for hydroxylation is 2. The van der Waals surface area contributed by atoms with Crippen molar-refractivity contribution in [3.63, 3.8) is 0 Å². The third kappa shape index (κ3) is 4.15. The van der Waals surface area contributed by atoms with Gasteiger partial charge in [-0.05, 0) is 43.9 Å². The predicted molar refractivity (Wildman–Crippen MR) is 99.1 cm³/mol. The van der Waals surface area contributed by atoms with Gasteiger partial charge in [0.25, 0.3) is 5.91 Å². The minimum absolute atomic E-state index is 0.0801. The summed E-state index contributed by atoms with van der Waals surface area (Å²) in [5.74, 6) is -0.303. The van der Waals surface area contributed by atoms with Crippen LogP contribution in [0, 0.1) is 30.6 Å². The van der Waals surface area contributed by atoms with E-state index in [1.54, 1.807) is 6.92 Å². The monoisotopic (exact) mass is 365 g/mol. The van der Waals surface area contributed by atoms with Crippen LogP contribution in [-0.2, 0) is 11.8 Å². The lowest BCUT2D eigenvalue weighted by atomic mass is 9.73. The highest BCUT2D eigenvalue weighted by atomic mass is 19.1. The summed E-state index contributed by atoms with van der Waals surface area (Å²) in [6.07, 6.45) is 4.95. The number of amides is 2. The number of hydrogen-bond acceptors (Lipinski definition) is 3. The van der Waals surface area contributed by atoms with E-state index in [0.717, 1.165) is 36.8 Å². The Kier molecular flexibility index (Phi) is 6.58. The first-order valence-corrected chi connectivity index (χ1v) is 9.68. The topological polar surface area (TPSA) is 55.2 Å². The van der Waals surface area contributed by atoms with Gasteiger partial charge in [0.15, 0.2) is 0 Å². The smallest absolute Gasteiger partial charge is 0.267 e. The molecule has 0 radical (unpaired) electrons. The van der Waals surface area contributed by atoms with Gasteiger partial charge in [-0.2, -0.15) is 9.49 Å². The second-order valence-electron chi connectivity index (χ2n) is 8.19. The number of halogens is 1. The Morgan fingerprint density at radius 2 is 1.88 bits per heavy atom. The number of carbonyl (C=O) groups excluding carboxylic acids is 2. The van der Waals surface area contributed by atoms with Crippen LogP contribution in [0.25, 0.3) is 0 Å². The average Bonchev–Trinajstić information content (AvgIpc) is 2.79. The molecular formula is C20H32FN3O2.